The molecule has 0 unspecified atom stereocenters. The lowest BCUT2D eigenvalue weighted by Gasteiger charge is -2.23. The van der Waals surface area contributed by atoms with Gasteiger partial charge in [-0.05, 0) is 54.8 Å². The van der Waals surface area contributed by atoms with E-state index in [0.717, 1.165) is 24.2 Å². The molecule has 2 aromatic carbocycles. The molecule has 128 valence electrons. The number of methoxy groups -OCH3 is 1. The zero-order valence-corrected chi connectivity index (χ0v) is 14.1. The smallest absolute Gasteiger partial charge is 0.261 e. The summed E-state index contributed by atoms with van der Waals surface area (Å²) in [4.78, 5) is 14.5. The predicted molar refractivity (Wildman–Crippen MR) is 93.2 cm³/mol. The van der Waals surface area contributed by atoms with Gasteiger partial charge in [0.1, 0.15) is 11.5 Å². The lowest BCUT2D eigenvalue weighted by molar-refractivity contribution is -0.134. The normalized spacial score (nSPS) is 13.0. The highest BCUT2D eigenvalue weighted by atomic mass is 16.5. The predicted octanol–water partition coefficient (Wildman–Crippen LogP) is 3.14. The van der Waals surface area contributed by atoms with Gasteiger partial charge in [0.15, 0.2) is 6.61 Å². The molecule has 0 bridgehead atoms. The fraction of sp³-hybridized carbons (Fsp3) is 0.300. The molecule has 5 nitrogen and oxygen atoms in total. The highest BCUT2D eigenvalue weighted by molar-refractivity contribution is 5.78. The van der Waals surface area contributed by atoms with Crippen molar-refractivity contribution < 1.29 is 14.3 Å². The highest BCUT2D eigenvalue weighted by Crippen LogP contribution is 2.29. The maximum atomic E-state index is 12.6. The largest absolute Gasteiger partial charge is 0.497 e. The first kappa shape index (κ1) is 16.8. The third kappa shape index (κ3) is 4.51. The van der Waals surface area contributed by atoms with Gasteiger partial charge in [-0.2, -0.15) is 5.26 Å². The summed E-state index contributed by atoms with van der Waals surface area (Å²) in [6.45, 7) is 0.572. The zero-order chi connectivity index (χ0) is 17.6. The van der Waals surface area contributed by atoms with Crippen LogP contribution in [0.15, 0.2) is 48.5 Å². The maximum Gasteiger partial charge on any atom is 0.261 e. The lowest BCUT2D eigenvalue weighted by atomic mass is 10.2. The number of nitriles is 1. The molecule has 0 aliphatic heterocycles. The van der Waals surface area contributed by atoms with Gasteiger partial charge in [0, 0.05) is 12.6 Å². The number of amides is 1. The summed E-state index contributed by atoms with van der Waals surface area (Å²) in [5, 5.41) is 8.80. The highest BCUT2D eigenvalue weighted by Gasteiger charge is 2.32. The Balaban J connectivity index is 1.59. The summed E-state index contributed by atoms with van der Waals surface area (Å²) in [6.07, 6.45) is 2.08. The second-order valence-corrected chi connectivity index (χ2v) is 6.03. The number of benzene rings is 2. The Kier molecular flexibility index (Phi) is 5.20. The van der Waals surface area contributed by atoms with Gasteiger partial charge in [-0.25, -0.2) is 0 Å². The van der Waals surface area contributed by atoms with Gasteiger partial charge in [0.05, 0.1) is 18.7 Å². The van der Waals surface area contributed by atoms with Crippen molar-refractivity contribution in [3.8, 4) is 17.6 Å². The van der Waals surface area contributed by atoms with Gasteiger partial charge in [0.25, 0.3) is 5.91 Å². The third-order valence-electron chi connectivity index (χ3n) is 4.17. The van der Waals surface area contributed by atoms with E-state index in [0.29, 0.717) is 23.9 Å². The van der Waals surface area contributed by atoms with Crippen molar-refractivity contribution in [3.63, 3.8) is 0 Å². The van der Waals surface area contributed by atoms with Crippen LogP contribution in [0, 0.1) is 11.3 Å². The molecule has 0 spiro atoms. The molecule has 0 radical (unpaired) electrons. The van der Waals surface area contributed by atoms with Gasteiger partial charge in [-0.3, -0.25) is 4.79 Å². The van der Waals surface area contributed by atoms with Gasteiger partial charge in [-0.15, -0.1) is 0 Å². The molecule has 1 aliphatic rings. The van der Waals surface area contributed by atoms with Crippen LogP contribution in [0.1, 0.15) is 24.0 Å². The number of nitrogens with zero attached hydrogens (tertiary/aromatic N) is 2. The van der Waals surface area contributed by atoms with E-state index >= 15 is 0 Å². The Morgan fingerprint density at radius 3 is 2.32 bits per heavy atom. The summed E-state index contributed by atoms with van der Waals surface area (Å²) in [5.74, 6) is 1.37. The van der Waals surface area contributed by atoms with Gasteiger partial charge in [-0.1, -0.05) is 12.1 Å². The average Bonchev–Trinajstić information content (AvgIpc) is 3.50. The number of hydrogen-bond donors (Lipinski definition) is 0. The molecule has 0 aromatic heterocycles. The lowest BCUT2D eigenvalue weighted by Crippen LogP contribution is -2.36. The fourth-order valence-corrected chi connectivity index (χ4v) is 2.59. The topological polar surface area (TPSA) is 62.6 Å². The third-order valence-corrected chi connectivity index (χ3v) is 4.17. The van der Waals surface area contributed by atoms with E-state index in [2.05, 4.69) is 6.07 Å². The van der Waals surface area contributed by atoms with Crippen molar-refractivity contribution >= 4 is 5.91 Å². The van der Waals surface area contributed by atoms with Crippen LogP contribution in [0.4, 0.5) is 0 Å². The van der Waals surface area contributed by atoms with E-state index in [9.17, 15) is 4.79 Å². The first-order valence-electron chi connectivity index (χ1n) is 8.25. The van der Waals surface area contributed by atoms with Crippen LogP contribution in [-0.2, 0) is 11.3 Å². The minimum atomic E-state index is -0.0253. The van der Waals surface area contributed by atoms with E-state index in [1.54, 1.807) is 31.4 Å². The summed E-state index contributed by atoms with van der Waals surface area (Å²) in [7, 11) is 1.63. The second kappa shape index (κ2) is 7.71. The number of carbonyl (C=O) groups is 1. The Hall–Kier alpha value is -3.00. The van der Waals surface area contributed by atoms with E-state index < -0.39 is 0 Å². The van der Waals surface area contributed by atoms with Gasteiger partial charge < -0.3 is 14.4 Å². The molecule has 0 heterocycles. The molecule has 0 atom stereocenters. The SMILES string of the molecule is COc1ccc(CN(C(=O)COc2ccc(C#N)cc2)C2CC2)cc1. The molecule has 1 amide bonds. The van der Waals surface area contributed by atoms with Crippen LogP contribution in [0.2, 0.25) is 0 Å². The Morgan fingerprint density at radius 2 is 1.76 bits per heavy atom. The standard InChI is InChI=1S/C20H20N2O3/c1-24-18-8-4-16(5-9-18)13-22(17-6-7-17)20(23)14-25-19-10-2-15(12-21)3-11-19/h2-5,8-11,17H,6-7,13-14H2,1H3. The molecular weight excluding hydrogens is 316 g/mol. The van der Waals surface area contributed by atoms with Gasteiger partial charge in [0.2, 0.25) is 0 Å². The first-order chi connectivity index (χ1) is 12.2. The van der Waals surface area contributed by atoms with Crippen LogP contribution in [-0.4, -0.2) is 30.6 Å². The van der Waals surface area contributed by atoms with E-state index in [1.807, 2.05) is 29.2 Å². The molecule has 3 rings (SSSR count). The summed E-state index contributed by atoms with van der Waals surface area (Å²) < 4.78 is 10.7. The monoisotopic (exact) mass is 336 g/mol. The minimum Gasteiger partial charge on any atom is -0.497 e. The zero-order valence-electron chi connectivity index (χ0n) is 14.1. The Bertz CT molecular complexity index is 759. The molecule has 2 aromatic rings. The summed E-state index contributed by atoms with van der Waals surface area (Å²) >= 11 is 0. The number of ether oxygens (including phenoxy) is 2. The van der Waals surface area contributed by atoms with Crippen molar-refractivity contribution in [3.05, 3.63) is 59.7 Å². The van der Waals surface area contributed by atoms with Crippen LogP contribution < -0.4 is 9.47 Å². The molecule has 1 aliphatic carbocycles. The van der Waals surface area contributed by atoms with Crippen molar-refractivity contribution in [2.24, 2.45) is 0 Å². The number of carbonyl (C=O) groups excluding carboxylic acids is 1. The van der Waals surface area contributed by atoms with E-state index in [1.165, 1.54) is 0 Å². The average molecular weight is 336 g/mol. The molecule has 25 heavy (non-hydrogen) atoms. The number of hydrogen-bond acceptors (Lipinski definition) is 4. The summed E-state index contributed by atoms with van der Waals surface area (Å²) in [5.41, 5.74) is 1.64. The van der Waals surface area contributed by atoms with Crippen LogP contribution >= 0.6 is 0 Å². The minimum absolute atomic E-state index is 0.00143. The van der Waals surface area contributed by atoms with Crippen LogP contribution in [0.25, 0.3) is 0 Å². The van der Waals surface area contributed by atoms with Crippen molar-refractivity contribution in [2.45, 2.75) is 25.4 Å². The summed E-state index contributed by atoms with van der Waals surface area (Å²) in [6, 6.07) is 16.9. The molecular formula is C20H20N2O3. The van der Waals surface area contributed by atoms with Crippen molar-refractivity contribution in [1.82, 2.24) is 4.90 Å². The molecule has 5 heteroatoms. The molecule has 1 saturated carbocycles. The Labute approximate surface area is 147 Å². The maximum absolute atomic E-state index is 12.6. The molecule has 0 saturated heterocycles. The van der Waals surface area contributed by atoms with Crippen molar-refractivity contribution in [1.29, 1.82) is 5.26 Å². The quantitative estimate of drug-likeness (QED) is 0.779. The molecule has 0 N–H and O–H groups in total. The second-order valence-electron chi connectivity index (χ2n) is 6.03. The van der Waals surface area contributed by atoms with Gasteiger partial charge >= 0.3 is 0 Å². The van der Waals surface area contributed by atoms with Crippen LogP contribution in [0.3, 0.4) is 0 Å². The first-order valence-corrected chi connectivity index (χ1v) is 8.25. The van der Waals surface area contributed by atoms with E-state index in [4.69, 9.17) is 14.7 Å². The number of rotatable bonds is 7. The van der Waals surface area contributed by atoms with E-state index in [-0.39, 0.29) is 12.5 Å². The van der Waals surface area contributed by atoms with Crippen LogP contribution in [0.5, 0.6) is 11.5 Å². The fourth-order valence-electron chi connectivity index (χ4n) is 2.59. The molecule has 1 fully saturated rings. The Morgan fingerprint density at radius 1 is 1.12 bits per heavy atom. The van der Waals surface area contributed by atoms with Crippen molar-refractivity contribution in [2.75, 3.05) is 13.7 Å².